The number of likely N-dealkylation sites (tertiary alicyclic amines) is 1. The zero-order chi connectivity index (χ0) is 20.4. The number of aromatic nitrogens is 2. The average molecular weight is 390 g/mol. The monoisotopic (exact) mass is 389 g/mol. The fourth-order valence-electron chi connectivity index (χ4n) is 4.36. The number of hydrogen-bond donors (Lipinski definition) is 0. The summed E-state index contributed by atoms with van der Waals surface area (Å²) in [6, 6.07) is 17.0. The molecule has 1 atom stereocenters. The van der Waals surface area contributed by atoms with Gasteiger partial charge in [-0.2, -0.15) is 0 Å². The molecule has 0 radical (unpaired) electrons. The van der Waals surface area contributed by atoms with E-state index in [2.05, 4.69) is 55.7 Å². The molecule has 4 rings (SSSR count). The van der Waals surface area contributed by atoms with Crippen LogP contribution in [0.25, 0.3) is 11.0 Å². The molecular weight excluding hydrogens is 358 g/mol. The van der Waals surface area contributed by atoms with Crippen molar-refractivity contribution in [1.82, 2.24) is 14.5 Å². The van der Waals surface area contributed by atoms with Gasteiger partial charge in [0.25, 0.3) is 0 Å². The summed E-state index contributed by atoms with van der Waals surface area (Å²) in [5.74, 6) is 1.95. The lowest BCUT2D eigenvalue weighted by Gasteiger charge is -2.19. The number of para-hydroxylation sites is 2. The second kappa shape index (κ2) is 8.40. The van der Waals surface area contributed by atoms with Crippen molar-refractivity contribution < 1.29 is 4.79 Å². The first-order valence-corrected chi connectivity index (χ1v) is 10.8. The van der Waals surface area contributed by atoms with Gasteiger partial charge in [-0.1, -0.05) is 57.2 Å². The molecule has 2 aromatic carbocycles. The van der Waals surface area contributed by atoms with Gasteiger partial charge in [0.15, 0.2) is 0 Å². The number of benzene rings is 2. The fourth-order valence-corrected chi connectivity index (χ4v) is 4.36. The van der Waals surface area contributed by atoms with Crippen LogP contribution in [-0.2, 0) is 17.8 Å². The van der Waals surface area contributed by atoms with Crippen molar-refractivity contribution >= 4 is 16.9 Å². The molecule has 2 heterocycles. The molecule has 4 heteroatoms. The van der Waals surface area contributed by atoms with Crippen LogP contribution in [0.1, 0.15) is 56.5 Å². The van der Waals surface area contributed by atoms with E-state index in [-0.39, 0.29) is 11.8 Å². The lowest BCUT2D eigenvalue weighted by molar-refractivity contribution is -0.130. The maximum Gasteiger partial charge on any atom is 0.242 e. The summed E-state index contributed by atoms with van der Waals surface area (Å²) in [5.41, 5.74) is 4.61. The zero-order valence-corrected chi connectivity index (χ0v) is 17.8. The smallest absolute Gasteiger partial charge is 0.242 e. The van der Waals surface area contributed by atoms with Crippen LogP contribution in [0, 0.1) is 5.92 Å². The summed E-state index contributed by atoms with van der Waals surface area (Å²) in [5, 5.41) is 0. The molecule has 0 N–H and O–H groups in total. The molecule has 1 amide bonds. The Bertz CT molecular complexity index is 981. The quantitative estimate of drug-likeness (QED) is 0.594. The Hall–Kier alpha value is -2.62. The van der Waals surface area contributed by atoms with Crippen molar-refractivity contribution in [3.05, 3.63) is 65.5 Å². The van der Waals surface area contributed by atoms with E-state index in [1.807, 2.05) is 23.1 Å². The predicted molar refractivity (Wildman–Crippen MR) is 118 cm³/mol. The van der Waals surface area contributed by atoms with Crippen molar-refractivity contribution in [2.75, 3.05) is 13.1 Å². The second-order valence-electron chi connectivity index (χ2n) is 8.69. The van der Waals surface area contributed by atoms with Gasteiger partial charge >= 0.3 is 0 Å². The van der Waals surface area contributed by atoms with E-state index in [9.17, 15) is 4.79 Å². The van der Waals surface area contributed by atoms with Crippen LogP contribution in [0.5, 0.6) is 0 Å². The van der Waals surface area contributed by atoms with E-state index in [0.717, 1.165) is 49.2 Å². The standard InChI is InChI=1S/C25H31N3O/c1-18(2)16-20-10-12-21(13-11-20)19(3)25-26-22-8-4-5-9-23(22)28(25)17-24(29)27-14-6-7-15-27/h4-5,8-13,18-19H,6-7,14-17H2,1-3H3. The number of hydrogen-bond acceptors (Lipinski definition) is 2. The first kappa shape index (κ1) is 19.7. The van der Waals surface area contributed by atoms with Crippen molar-refractivity contribution in [2.24, 2.45) is 5.92 Å². The van der Waals surface area contributed by atoms with E-state index in [1.54, 1.807) is 0 Å². The summed E-state index contributed by atoms with van der Waals surface area (Å²) in [6.45, 7) is 8.81. The average Bonchev–Trinajstić information content (AvgIpc) is 3.36. The molecule has 1 aliphatic rings. The zero-order valence-electron chi connectivity index (χ0n) is 17.8. The number of carbonyl (C=O) groups excluding carboxylic acids is 1. The normalized spacial score (nSPS) is 15.4. The topological polar surface area (TPSA) is 38.1 Å². The molecule has 0 bridgehead atoms. The lowest BCUT2D eigenvalue weighted by Crippen LogP contribution is -2.31. The van der Waals surface area contributed by atoms with Crippen LogP contribution in [0.4, 0.5) is 0 Å². The Balaban J connectivity index is 1.66. The summed E-state index contributed by atoms with van der Waals surface area (Å²) in [6.07, 6.45) is 3.32. The highest BCUT2D eigenvalue weighted by molar-refractivity contribution is 5.81. The van der Waals surface area contributed by atoms with Crippen LogP contribution in [-0.4, -0.2) is 33.4 Å². The first-order chi connectivity index (χ1) is 14.0. The SMILES string of the molecule is CC(C)Cc1ccc(C(C)c2nc3ccccc3n2CC(=O)N2CCCC2)cc1. The van der Waals surface area contributed by atoms with Crippen molar-refractivity contribution in [1.29, 1.82) is 0 Å². The number of carbonyl (C=O) groups is 1. The van der Waals surface area contributed by atoms with Gasteiger partial charge in [0, 0.05) is 19.0 Å². The van der Waals surface area contributed by atoms with E-state index in [1.165, 1.54) is 11.1 Å². The molecule has 1 fully saturated rings. The minimum atomic E-state index is 0.127. The molecule has 1 aliphatic heterocycles. The Labute approximate surface area is 173 Å². The third kappa shape index (κ3) is 4.21. The summed E-state index contributed by atoms with van der Waals surface area (Å²) in [4.78, 5) is 19.8. The predicted octanol–water partition coefficient (Wildman–Crippen LogP) is 5.01. The largest absolute Gasteiger partial charge is 0.341 e. The fraction of sp³-hybridized carbons (Fsp3) is 0.440. The number of nitrogens with zero attached hydrogens (tertiary/aromatic N) is 3. The maximum atomic E-state index is 12.9. The molecule has 152 valence electrons. The number of amides is 1. The van der Waals surface area contributed by atoms with Gasteiger partial charge in [-0.15, -0.1) is 0 Å². The van der Waals surface area contributed by atoms with Crippen molar-refractivity contribution in [3.63, 3.8) is 0 Å². The van der Waals surface area contributed by atoms with Crippen LogP contribution in [0.3, 0.4) is 0 Å². The molecule has 1 aromatic heterocycles. The Kier molecular flexibility index (Phi) is 5.70. The minimum Gasteiger partial charge on any atom is -0.341 e. The highest BCUT2D eigenvalue weighted by atomic mass is 16.2. The van der Waals surface area contributed by atoms with Crippen LogP contribution in [0.2, 0.25) is 0 Å². The van der Waals surface area contributed by atoms with E-state index < -0.39 is 0 Å². The molecule has 0 aliphatic carbocycles. The van der Waals surface area contributed by atoms with Gasteiger partial charge in [-0.3, -0.25) is 4.79 Å². The molecule has 0 spiro atoms. The third-order valence-corrected chi connectivity index (χ3v) is 5.95. The molecule has 4 nitrogen and oxygen atoms in total. The molecular formula is C25H31N3O. The van der Waals surface area contributed by atoms with Crippen molar-refractivity contribution in [2.45, 2.75) is 52.5 Å². The highest BCUT2D eigenvalue weighted by Crippen LogP contribution is 2.28. The Morgan fingerprint density at radius 3 is 2.38 bits per heavy atom. The van der Waals surface area contributed by atoms with Gasteiger partial charge in [0.1, 0.15) is 12.4 Å². The third-order valence-electron chi connectivity index (χ3n) is 5.95. The number of fused-ring (bicyclic) bond motifs is 1. The van der Waals surface area contributed by atoms with Crippen molar-refractivity contribution in [3.8, 4) is 0 Å². The van der Waals surface area contributed by atoms with E-state index in [4.69, 9.17) is 4.98 Å². The lowest BCUT2D eigenvalue weighted by atomic mass is 9.96. The second-order valence-corrected chi connectivity index (χ2v) is 8.69. The van der Waals surface area contributed by atoms with Gasteiger partial charge in [-0.25, -0.2) is 4.98 Å². The maximum absolute atomic E-state index is 12.9. The highest BCUT2D eigenvalue weighted by Gasteiger charge is 2.23. The minimum absolute atomic E-state index is 0.127. The number of imidazole rings is 1. The Morgan fingerprint density at radius 2 is 1.69 bits per heavy atom. The Morgan fingerprint density at radius 1 is 1.00 bits per heavy atom. The van der Waals surface area contributed by atoms with Crippen LogP contribution in [0.15, 0.2) is 48.5 Å². The summed E-state index contributed by atoms with van der Waals surface area (Å²) >= 11 is 0. The van der Waals surface area contributed by atoms with Gasteiger partial charge in [0.2, 0.25) is 5.91 Å². The molecule has 1 unspecified atom stereocenters. The number of rotatable bonds is 6. The molecule has 0 saturated carbocycles. The van der Waals surface area contributed by atoms with Gasteiger partial charge in [-0.05, 0) is 48.4 Å². The van der Waals surface area contributed by atoms with Gasteiger partial charge < -0.3 is 9.47 Å². The molecule has 3 aromatic rings. The van der Waals surface area contributed by atoms with E-state index >= 15 is 0 Å². The first-order valence-electron chi connectivity index (χ1n) is 10.8. The molecule has 29 heavy (non-hydrogen) atoms. The van der Waals surface area contributed by atoms with Crippen LogP contribution < -0.4 is 0 Å². The summed E-state index contributed by atoms with van der Waals surface area (Å²) in [7, 11) is 0. The van der Waals surface area contributed by atoms with Crippen LogP contribution >= 0.6 is 0 Å². The summed E-state index contributed by atoms with van der Waals surface area (Å²) < 4.78 is 2.13. The van der Waals surface area contributed by atoms with Gasteiger partial charge in [0.05, 0.1) is 11.0 Å². The van der Waals surface area contributed by atoms with E-state index in [0.29, 0.717) is 12.5 Å². The molecule has 1 saturated heterocycles.